The van der Waals surface area contributed by atoms with Crippen molar-refractivity contribution in [1.29, 1.82) is 0 Å². The number of carbonyl (C=O) groups excluding carboxylic acids is 1. The highest BCUT2D eigenvalue weighted by molar-refractivity contribution is 5.96. The molecule has 0 aliphatic carbocycles. The standard InChI is InChI=1S/C13H9F2NO3/c1-2-3-16-12(17)9-6-8-10(15)4-7(14)5-11(8)19-13(9)18/h2,4-6H,1,3H2,(H,16,17). The van der Waals surface area contributed by atoms with Crippen LogP contribution in [-0.4, -0.2) is 12.5 Å². The molecular weight excluding hydrogens is 256 g/mol. The molecule has 1 aromatic carbocycles. The van der Waals surface area contributed by atoms with E-state index in [1.165, 1.54) is 6.08 Å². The first-order valence-corrected chi connectivity index (χ1v) is 5.35. The molecular formula is C13H9F2NO3. The normalized spacial score (nSPS) is 10.4. The van der Waals surface area contributed by atoms with Crippen LogP contribution in [0.5, 0.6) is 0 Å². The zero-order valence-corrected chi connectivity index (χ0v) is 9.70. The van der Waals surface area contributed by atoms with Crippen LogP contribution in [0.2, 0.25) is 0 Å². The van der Waals surface area contributed by atoms with Crippen LogP contribution < -0.4 is 10.9 Å². The third-order valence-corrected chi connectivity index (χ3v) is 2.42. The lowest BCUT2D eigenvalue weighted by Gasteiger charge is -2.03. The maximum absolute atomic E-state index is 13.5. The van der Waals surface area contributed by atoms with E-state index in [0.29, 0.717) is 6.07 Å². The van der Waals surface area contributed by atoms with E-state index in [4.69, 9.17) is 4.42 Å². The van der Waals surface area contributed by atoms with Gasteiger partial charge in [-0.3, -0.25) is 4.79 Å². The van der Waals surface area contributed by atoms with Gasteiger partial charge in [0.1, 0.15) is 22.8 Å². The molecule has 0 bridgehead atoms. The predicted octanol–water partition coefficient (Wildman–Crippen LogP) is 1.99. The fourth-order valence-corrected chi connectivity index (χ4v) is 1.56. The van der Waals surface area contributed by atoms with Crippen LogP contribution in [0.4, 0.5) is 8.78 Å². The average molecular weight is 265 g/mol. The molecule has 2 aromatic rings. The van der Waals surface area contributed by atoms with Gasteiger partial charge in [0.05, 0.1) is 5.39 Å². The van der Waals surface area contributed by atoms with Crippen LogP contribution in [0.15, 0.2) is 40.1 Å². The molecule has 4 nitrogen and oxygen atoms in total. The molecule has 0 atom stereocenters. The molecule has 0 saturated heterocycles. The molecule has 2 rings (SSSR count). The summed E-state index contributed by atoms with van der Waals surface area (Å²) in [5.74, 6) is -2.48. The minimum absolute atomic E-state index is 0.134. The Hall–Kier alpha value is -2.50. The summed E-state index contributed by atoms with van der Waals surface area (Å²) in [6, 6.07) is 2.56. The van der Waals surface area contributed by atoms with Gasteiger partial charge in [-0.25, -0.2) is 13.6 Å². The summed E-state index contributed by atoms with van der Waals surface area (Å²) in [5, 5.41) is 2.24. The van der Waals surface area contributed by atoms with Gasteiger partial charge in [0.15, 0.2) is 0 Å². The lowest BCUT2D eigenvalue weighted by Crippen LogP contribution is -2.28. The third-order valence-electron chi connectivity index (χ3n) is 2.42. The van der Waals surface area contributed by atoms with Crippen molar-refractivity contribution < 1.29 is 18.0 Å². The summed E-state index contributed by atoms with van der Waals surface area (Å²) >= 11 is 0. The Balaban J connectivity index is 2.58. The van der Waals surface area contributed by atoms with Gasteiger partial charge < -0.3 is 9.73 Å². The van der Waals surface area contributed by atoms with E-state index >= 15 is 0 Å². The molecule has 0 saturated carbocycles. The number of benzene rings is 1. The Morgan fingerprint density at radius 3 is 2.79 bits per heavy atom. The van der Waals surface area contributed by atoms with E-state index in [1.54, 1.807) is 0 Å². The number of hydrogen-bond acceptors (Lipinski definition) is 3. The van der Waals surface area contributed by atoms with Crippen molar-refractivity contribution in [2.75, 3.05) is 6.54 Å². The van der Waals surface area contributed by atoms with Crippen molar-refractivity contribution in [3.63, 3.8) is 0 Å². The smallest absolute Gasteiger partial charge is 0.349 e. The molecule has 1 N–H and O–H groups in total. The van der Waals surface area contributed by atoms with Crippen LogP contribution in [0, 0.1) is 11.6 Å². The molecule has 98 valence electrons. The number of amides is 1. The number of nitrogens with one attached hydrogen (secondary N) is 1. The Kier molecular flexibility index (Phi) is 3.41. The van der Waals surface area contributed by atoms with E-state index < -0.39 is 23.2 Å². The number of hydrogen-bond donors (Lipinski definition) is 1. The second-order valence-corrected chi connectivity index (χ2v) is 3.75. The van der Waals surface area contributed by atoms with Crippen LogP contribution in [0.25, 0.3) is 11.0 Å². The highest BCUT2D eigenvalue weighted by Crippen LogP contribution is 2.19. The van der Waals surface area contributed by atoms with Crippen LogP contribution in [0.3, 0.4) is 0 Å². The Morgan fingerprint density at radius 1 is 1.37 bits per heavy atom. The molecule has 0 aliphatic heterocycles. The SMILES string of the molecule is C=CCNC(=O)c1cc2c(F)cc(F)cc2oc1=O. The molecule has 6 heteroatoms. The van der Waals surface area contributed by atoms with Gasteiger partial charge in [-0.2, -0.15) is 0 Å². The first-order valence-electron chi connectivity index (χ1n) is 5.35. The van der Waals surface area contributed by atoms with E-state index in [0.717, 1.165) is 12.1 Å². The number of rotatable bonds is 3. The van der Waals surface area contributed by atoms with Crippen molar-refractivity contribution in [1.82, 2.24) is 5.32 Å². The van der Waals surface area contributed by atoms with Crippen LogP contribution in [0.1, 0.15) is 10.4 Å². The van der Waals surface area contributed by atoms with Crippen molar-refractivity contribution in [3.05, 3.63) is 58.5 Å². The monoisotopic (exact) mass is 265 g/mol. The molecule has 0 aliphatic rings. The quantitative estimate of drug-likeness (QED) is 0.682. The summed E-state index contributed by atoms with van der Waals surface area (Å²) in [5.41, 5.74) is -1.55. The Morgan fingerprint density at radius 2 is 2.11 bits per heavy atom. The summed E-state index contributed by atoms with van der Waals surface area (Å²) in [4.78, 5) is 23.2. The summed E-state index contributed by atoms with van der Waals surface area (Å²) in [6.07, 6.45) is 1.43. The Bertz CT molecular complexity index is 722. The van der Waals surface area contributed by atoms with Crippen molar-refractivity contribution >= 4 is 16.9 Å². The molecule has 0 radical (unpaired) electrons. The molecule has 1 aromatic heterocycles. The fraction of sp³-hybridized carbons (Fsp3) is 0.0769. The van der Waals surface area contributed by atoms with Gasteiger partial charge in [-0.1, -0.05) is 6.08 Å². The zero-order chi connectivity index (χ0) is 14.0. The number of carbonyl (C=O) groups is 1. The maximum Gasteiger partial charge on any atom is 0.349 e. The molecule has 1 heterocycles. The maximum atomic E-state index is 13.5. The second-order valence-electron chi connectivity index (χ2n) is 3.75. The molecule has 0 spiro atoms. The van der Waals surface area contributed by atoms with Crippen LogP contribution >= 0.6 is 0 Å². The molecule has 0 fully saturated rings. The summed E-state index contributed by atoms with van der Waals surface area (Å²) < 4.78 is 31.2. The zero-order valence-electron chi connectivity index (χ0n) is 9.70. The van der Waals surface area contributed by atoms with E-state index in [-0.39, 0.29) is 23.1 Å². The Labute approximate surface area is 106 Å². The van der Waals surface area contributed by atoms with Crippen LogP contribution in [-0.2, 0) is 0 Å². The van der Waals surface area contributed by atoms with E-state index in [9.17, 15) is 18.4 Å². The highest BCUT2D eigenvalue weighted by Gasteiger charge is 2.15. The van der Waals surface area contributed by atoms with Gasteiger partial charge in [-0.15, -0.1) is 6.58 Å². The predicted molar refractivity (Wildman–Crippen MR) is 64.9 cm³/mol. The first kappa shape index (κ1) is 12.9. The largest absolute Gasteiger partial charge is 0.422 e. The number of halogens is 2. The van der Waals surface area contributed by atoms with Crippen molar-refractivity contribution in [3.8, 4) is 0 Å². The average Bonchev–Trinajstić information content (AvgIpc) is 2.34. The van der Waals surface area contributed by atoms with Gasteiger partial charge in [0, 0.05) is 18.7 Å². The first-order chi connectivity index (χ1) is 9.02. The molecule has 19 heavy (non-hydrogen) atoms. The minimum Gasteiger partial charge on any atom is -0.422 e. The van der Waals surface area contributed by atoms with E-state index in [1.807, 2.05) is 0 Å². The van der Waals surface area contributed by atoms with Gasteiger partial charge in [-0.05, 0) is 6.07 Å². The number of fused-ring (bicyclic) bond motifs is 1. The lowest BCUT2D eigenvalue weighted by atomic mass is 10.1. The summed E-state index contributed by atoms with van der Waals surface area (Å²) in [6.45, 7) is 3.56. The lowest BCUT2D eigenvalue weighted by molar-refractivity contribution is 0.0954. The second kappa shape index (κ2) is 5.01. The molecule has 1 amide bonds. The summed E-state index contributed by atoms with van der Waals surface area (Å²) in [7, 11) is 0. The van der Waals surface area contributed by atoms with Gasteiger partial charge in [0.2, 0.25) is 0 Å². The van der Waals surface area contributed by atoms with Gasteiger partial charge >= 0.3 is 5.63 Å². The third kappa shape index (κ3) is 2.52. The topological polar surface area (TPSA) is 59.3 Å². The molecule has 0 unspecified atom stereocenters. The van der Waals surface area contributed by atoms with Crippen molar-refractivity contribution in [2.24, 2.45) is 0 Å². The fourth-order valence-electron chi connectivity index (χ4n) is 1.56. The highest BCUT2D eigenvalue weighted by atomic mass is 19.1. The minimum atomic E-state index is -0.959. The van der Waals surface area contributed by atoms with E-state index in [2.05, 4.69) is 11.9 Å². The van der Waals surface area contributed by atoms with Crippen molar-refractivity contribution in [2.45, 2.75) is 0 Å². The van der Waals surface area contributed by atoms with Gasteiger partial charge in [0.25, 0.3) is 5.91 Å².